The van der Waals surface area contributed by atoms with Crippen LogP contribution in [-0.2, 0) is 4.79 Å². The molecule has 23 heavy (non-hydrogen) atoms. The fourth-order valence-corrected chi connectivity index (χ4v) is 2.47. The highest BCUT2D eigenvalue weighted by atomic mass is 16.2. The van der Waals surface area contributed by atoms with Crippen molar-refractivity contribution < 1.29 is 4.79 Å². The quantitative estimate of drug-likeness (QED) is 0.727. The summed E-state index contributed by atoms with van der Waals surface area (Å²) in [5.74, 6) is 1.51. The third-order valence-electron chi connectivity index (χ3n) is 3.53. The van der Waals surface area contributed by atoms with Gasteiger partial charge in [-0.1, -0.05) is 0 Å². The standard InChI is InChI=1S/C14H12N8O/c1-8-4-9(12-19-7-20-21-12)17-5-10(8)22-11(23)6-18-13-14(22)16-3-2-15-13/h2-5,7H,6H2,1H3,(H,15,18)(H,19,20,21). The van der Waals surface area contributed by atoms with Gasteiger partial charge in [-0.05, 0) is 18.6 Å². The molecule has 0 spiro atoms. The number of H-pyrrole nitrogens is 1. The summed E-state index contributed by atoms with van der Waals surface area (Å²) in [5.41, 5.74) is 2.20. The third-order valence-corrected chi connectivity index (χ3v) is 3.53. The molecule has 0 aromatic carbocycles. The topological polar surface area (TPSA) is 113 Å². The number of nitrogens with zero attached hydrogens (tertiary/aromatic N) is 6. The van der Waals surface area contributed by atoms with Crippen LogP contribution in [0.15, 0.2) is 31.0 Å². The van der Waals surface area contributed by atoms with Crippen molar-refractivity contribution in [1.29, 1.82) is 0 Å². The number of aromatic nitrogens is 6. The highest BCUT2D eigenvalue weighted by molar-refractivity contribution is 6.06. The van der Waals surface area contributed by atoms with E-state index in [1.54, 1.807) is 18.6 Å². The van der Waals surface area contributed by atoms with Crippen LogP contribution in [-0.4, -0.2) is 42.6 Å². The minimum absolute atomic E-state index is 0.115. The molecule has 0 saturated heterocycles. The number of pyridine rings is 1. The van der Waals surface area contributed by atoms with E-state index >= 15 is 0 Å². The molecular weight excluding hydrogens is 296 g/mol. The number of anilines is 3. The van der Waals surface area contributed by atoms with Gasteiger partial charge >= 0.3 is 0 Å². The molecule has 4 rings (SSSR count). The second-order valence-electron chi connectivity index (χ2n) is 5.00. The molecule has 9 heteroatoms. The lowest BCUT2D eigenvalue weighted by Crippen LogP contribution is -2.38. The predicted octanol–water partition coefficient (Wildman–Crippen LogP) is 1.06. The molecule has 2 N–H and O–H groups in total. The van der Waals surface area contributed by atoms with Gasteiger partial charge in [0.15, 0.2) is 17.5 Å². The van der Waals surface area contributed by atoms with Gasteiger partial charge in [0.25, 0.3) is 5.91 Å². The smallest absolute Gasteiger partial charge is 0.252 e. The Kier molecular flexibility index (Phi) is 2.97. The van der Waals surface area contributed by atoms with E-state index in [2.05, 4.69) is 35.5 Å². The van der Waals surface area contributed by atoms with Crippen LogP contribution >= 0.6 is 0 Å². The van der Waals surface area contributed by atoms with E-state index in [-0.39, 0.29) is 12.5 Å². The first-order valence-electron chi connectivity index (χ1n) is 6.94. The number of hydrogen-bond donors (Lipinski definition) is 2. The average Bonchev–Trinajstić information content (AvgIpc) is 3.10. The van der Waals surface area contributed by atoms with Crippen LogP contribution in [0.1, 0.15) is 5.56 Å². The Morgan fingerprint density at radius 3 is 2.83 bits per heavy atom. The van der Waals surface area contributed by atoms with Crippen molar-refractivity contribution in [3.05, 3.63) is 36.5 Å². The lowest BCUT2D eigenvalue weighted by atomic mass is 10.1. The van der Waals surface area contributed by atoms with Crippen LogP contribution in [0.5, 0.6) is 0 Å². The molecule has 0 fully saturated rings. The summed E-state index contributed by atoms with van der Waals surface area (Å²) in [6.45, 7) is 2.07. The van der Waals surface area contributed by atoms with Gasteiger partial charge in [0, 0.05) is 12.4 Å². The van der Waals surface area contributed by atoms with Gasteiger partial charge in [-0.15, -0.1) is 0 Å². The number of nitrogens with one attached hydrogen (secondary N) is 2. The summed E-state index contributed by atoms with van der Waals surface area (Å²) in [6.07, 6.45) is 6.19. The van der Waals surface area contributed by atoms with Crippen LogP contribution in [0.4, 0.5) is 17.3 Å². The summed E-state index contributed by atoms with van der Waals surface area (Å²) in [5, 5.41) is 9.54. The van der Waals surface area contributed by atoms with E-state index in [0.29, 0.717) is 28.8 Å². The van der Waals surface area contributed by atoms with Crippen molar-refractivity contribution in [2.24, 2.45) is 0 Å². The fraction of sp³-hybridized carbons (Fsp3) is 0.143. The zero-order valence-electron chi connectivity index (χ0n) is 12.2. The molecule has 114 valence electrons. The fourth-order valence-electron chi connectivity index (χ4n) is 2.47. The maximum Gasteiger partial charge on any atom is 0.252 e. The monoisotopic (exact) mass is 308 g/mol. The number of fused-ring (bicyclic) bond motifs is 1. The highest BCUT2D eigenvalue weighted by Gasteiger charge is 2.28. The molecule has 0 bridgehead atoms. The van der Waals surface area contributed by atoms with Crippen molar-refractivity contribution in [1.82, 2.24) is 30.1 Å². The van der Waals surface area contributed by atoms with Crippen molar-refractivity contribution >= 4 is 23.2 Å². The molecule has 0 unspecified atom stereocenters. The first kappa shape index (κ1) is 13.3. The summed E-state index contributed by atoms with van der Waals surface area (Å²) >= 11 is 0. The molecule has 0 saturated carbocycles. The van der Waals surface area contributed by atoms with Gasteiger partial charge in [-0.25, -0.2) is 15.0 Å². The molecule has 0 radical (unpaired) electrons. The molecule has 3 aromatic rings. The molecule has 0 aliphatic carbocycles. The number of hydrogen-bond acceptors (Lipinski definition) is 7. The van der Waals surface area contributed by atoms with E-state index in [0.717, 1.165) is 5.56 Å². The number of carbonyl (C=O) groups is 1. The number of aromatic amines is 1. The molecule has 3 aromatic heterocycles. The molecular formula is C14H12N8O. The lowest BCUT2D eigenvalue weighted by Gasteiger charge is -2.28. The molecule has 4 heterocycles. The Bertz CT molecular complexity index is 876. The summed E-state index contributed by atoms with van der Waals surface area (Å²) in [4.78, 5) is 30.8. The Morgan fingerprint density at radius 1 is 1.17 bits per heavy atom. The second kappa shape index (κ2) is 5.13. The highest BCUT2D eigenvalue weighted by Crippen LogP contribution is 2.33. The van der Waals surface area contributed by atoms with Gasteiger partial charge in [0.1, 0.15) is 12.0 Å². The van der Waals surface area contributed by atoms with E-state index in [1.807, 2.05) is 13.0 Å². The predicted molar refractivity (Wildman–Crippen MR) is 82.0 cm³/mol. The first-order valence-corrected chi connectivity index (χ1v) is 6.94. The number of carbonyl (C=O) groups excluding carboxylic acids is 1. The third kappa shape index (κ3) is 2.18. The SMILES string of the molecule is Cc1cc(-c2ncn[nH]2)ncc1N1C(=O)CNc2nccnc21. The van der Waals surface area contributed by atoms with Gasteiger partial charge in [-0.3, -0.25) is 19.8 Å². The first-order chi connectivity index (χ1) is 11.2. The maximum atomic E-state index is 12.4. The van der Waals surface area contributed by atoms with Gasteiger partial charge in [0.05, 0.1) is 18.4 Å². The molecule has 9 nitrogen and oxygen atoms in total. The van der Waals surface area contributed by atoms with E-state index < -0.39 is 0 Å². The largest absolute Gasteiger partial charge is 0.358 e. The van der Waals surface area contributed by atoms with Gasteiger partial charge in [0.2, 0.25) is 0 Å². The van der Waals surface area contributed by atoms with Crippen molar-refractivity contribution in [2.45, 2.75) is 6.92 Å². The zero-order valence-corrected chi connectivity index (χ0v) is 12.2. The Labute approximate surface area is 130 Å². The molecule has 1 amide bonds. The normalized spacial score (nSPS) is 13.6. The maximum absolute atomic E-state index is 12.4. The van der Waals surface area contributed by atoms with Gasteiger partial charge in [-0.2, -0.15) is 5.10 Å². The zero-order chi connectivity index (χ0) is 15.8. The minimum atomic E-state index is -0.115. The Morgan fingerprint density at radius 2 is 2.04 bits per heavy atom. The van der Waals surface area contributed by atoms with E-state index in [9.17, 15) is 4.79 Å². The summed E-state index contributed by atoms with van der Waals surface area (Å²) in [6, 6.07) is 1.85. The van der Waals surface area contributed by atoms with E-state index in [1.165, 1.54) is 11.2 Å². The number of aryl methyl sites for hydroxylation is 1. The lowest BCUT2D eigenvalue weighted by molar-refractivity contribution is -0.116. The van der Waals surface area contributed by atoms with Crippen LogP contribution in [0, 0.1) is 6.92 Å². The summed E-state index contributed by atoms with van der Waals surface area (Å²) in [7, 11) is 0. The summed E-state index contributed by atoms with van der Waals surface area (Å²) < 4.78 is 0. The van der Waals surface area contributed by atoms with Crippen molar-refractivity contribution in [3.63, 3.8) is 0 Å². The molecule has 0 atom stereocenters. The Hall–Kier alpha value is -3.36. The minimum Gasteiger partial charge on any atom is -0.358 e. The van der Waals surface area contributed by atoms with Gasteiger partial charge < -0.3 is 5.32 Å². The van der Waals surface area contributed by atoms with Crippen LogP contribution < -0.4 is 10.2 Å². The van der Waals surface area contributed by atoms with E-state index in [4.69, 9.17) is 0 Å². The molecule has 1 aliphatic heterocycles. The average molecular weight is 308 g/mol. The van der Waals surface area contributed by atoms with Crippen LogP contribution in [0.2, 0.25) is 0 Å². The van der Waals surface area contributed by atoms with Crippen LogP contribution in [0.25, 0.3) is 11.5 Å². The molecule has 1 aliphatic rings. The van der Waals surface area contributed by atoms with Crippen molar-refractivity contribution in [2.75, 3.05) is 16.8 Å². The Balaban J connectivity index is 1.80. The van der Waals surface area contributed by atoms with Crippen molar-refractivity contribution in [3.8, 4) is 11.5 Å². The second-order valence-corrected chi connectivity index (χ2v) is 5.00. The van der Waals surface area contributed by atoms with Crippen LogP contribution in [0.3, 0.4) is 0 Å². The number of amides is 1. The number of rotatable bonds is 2.